The van der Waals surface area contributed by atoms with Crippen LogP contribution in [0, 0.1) is 12.8 Å². The number of ether oxygens (including phenoxy) is 3. The van der Waals surface area contributed by atoms with Gasteiger partial charge in [0.15, 0.2) is 6.10 Å². The van der Waals surface area contributed by atoms with Crippen molar-refractivity contribution in [3.8, 4) is 23.0 Å². The lowest BCUT2D eigenvalue weighted by molar-refractivity contribution is 0.0668. The molecule has 1 fully saturated rings. The zero-order chi connectivity index (χ0) is 30.7. The maximum atomic E-state index is 12.5. The third-order valence-electron chi connectivity index (χ3n) is 7.61. The molecular formula is C33H32Br2FNO6. The number of fused-ring (bicyclic) bond motifs is 2. The fourth-order valence-electron chi connectivity index (χ4n) is 5.05. The lowest BCUT2D eigenvalue weighted by atomic mass is 9.98. The molecule has 0 saturated carbocycles. The van der Waals surface area contributed by atoms with Crippen LogP contribution in [0.1, 0.15) is 29.7 Å². The van der Waals surface area contributed by atoms with Crippen molar-refractivity contribution in [1.82, 2.24) is 4.90 Å². The average Bonchev–Trinajstić information content (AvgIpc) is 3.00. The highest BCUT2D eigenvalue weighted by Gasteiger charge is 2.27. The van der Waals surface area contributed by atoms with Gasteiger partial charge in [0.1, 0.15) is 39.7 Å². The van der Waals surface area contributed by atoms with E-state index in [1.807, 2.05) is 44.2 Å². The molecule has 6 rings (SSSR count). The maximum Gasteiger partial charge on any atom is 0.350 e. The summed E-state index contributed by atoms with van der Waals surface area (Å²) in [5.41, 5.74) is 4.03. The van der Waals surface area contributed by atoms with Crippen LogP contribution < -0.4 is 19.8 Å². The van der Waals surface area contributed by atoms with E-state index in [0.717, 1.165) is 69.0 Å². The van der Waals surface area contributed by atoms with Crippen LogP contribution in [0.4, 0.5) is 4.39 Å². The van der Waals surface area contributed by atoms with Gasteiger partial charge in [-0.05, 0) is 95.0 Å². The molecule has 3 aromatic carbocycles. The van der Waals surface area contributed by atoms with Crippen LogP contribution in [0.25, 0.3) is 16.5 Å². The van der Waals surface area contributed by atoms with Crippen LogP contribution in [-0.2, 0) is 0 Å². The Balaban J connectivity index is 0.000000207. The Morgan fingerprint density at radius 1 is 1.02 bits per heavy atom. The molecule has 0 aliphatic carbocycles. The van der Waals surface area contributed by atoms with E-state index in [4.69, 9.17) is 18.6 Å². The zero-order valence-electron chi connectivity index (χ0n) is 24.0. The molecule has 2 aliphatic heterocycles. The summed E-state index contributed by atoms with van der Waals surface area (Å²) in [7, 11) is 1.60. The second-order valence-electron chi connectivity index (χ2n) is 10.5. The molecule has 3 heterocycles. The first-order chi connectivity index (χ1) is 20.7. The molecule has 0 amide bonds. The number of nitrogens with zero attached hydrogens (tertiary/aromatic N) is 1. The Hall–Kier alpha value is -3.34. The first kappa shape index (κ1) is 31.1. The molecule has 0 spiro atoms. The standard InChI is InChI=1S/C22H23BrFNO3.C11H9BrO3/c1-14-19-10-17(26)4-7-20(19)28-22(21(14)23)16-2-5-18(6-3-16)27-9-8-25-12-15(11-24)13-25;1-6-8-5-7(14-2)3-4-9(8)15-11(13)10(6)12/h2-7,10,15,22,26H,8-9,11-13H2,1H3;3-5H,1-2H3. The van der Waals surface area contributed by atoms with Crippen molar-refractivity contribution in [2.75, 3.05) is 40.0 Å². The number of methoxy groups -OCH3 is 1. The molecule has 10 heteroatoms. The quantitative estimate of drug-likeness (QED) is 0.196. The second kappa shape index (κ2) is 13.5. The summed E-state index contributed by atoms with van der Waals surface area (Å²) in [6.07, 6.45) is -0.232. The first-order valence-electron chi connectivity index (χ1n) is 13.8. The van der Waals surface area contributed by atoms with Crippen LogP contribution in [-0.4, -0.2) is 50.0 Å². The van der Waals surface area contributed by atoms with Gasteiger partial charge in [-0.2, -0.15) is 0 Å². The summed E-state index contributed by atoms with van der Waals surface area (Å²) >= 11 is 6.86. The van der Waals surface area contributed by atoms with Crippen LogP contribution in [0.3, 0.4) is 0 Å². The molecule has 1 N–H and O–H groups in total. The number of hydrogen-bond donors (Lipinski definition) is 1. The van der Waals surface area contributed by atoms with Gasteiger partial charge >= 0.3 is 5.63 Å². The Bertz CT molecular complexity index is 1700. The van der Waals surface area contributed by atoms with Crippen molar-refractivity contribution >= 4 is 48.4 Å². The number of phenolic OH excluding ortho intramolecular Hbond substituents is 1. The second-order valence-corrected chi connectivity index (χ2v) is 12.2. The van der Waals surface area contributed by atoms with Crippen molar-refractivity contribution in [2.45, 2.75) is 20.0 Å². The minimum atomic E-state index is -0.356. The van der Waals surface area contributed by atoms with E-state index >= 15 is 0 Å². The number of benzene rings is 3. The SMILES string of the molecule is CC1=C(Br)C(c2ccc(OCCN3CC(CF)C3)cc2)Oc2ccc(O)cc21.COc1ccc2oc(=O)c(Br)c(C)c2c1. The Labute approximate surface area is 266 Å². The van der Waals surface area contributed by atoms with Gasteiger partial charge in [0.25, 0.3) is 0 Å². The Kier molecular flexibility index (Phi) is 9.78. The van der Waals surface area contributed by atoms with Gasteiger partial charge in [0.05, 0.1) is 13.8 Å². The van der Waals surface area contributed by atoms with Gasteiger partial charge in [-0.15, -0.1) is 0 Å². The molecule has 1 saturated heterocycles. The largest absolute Gasteiger partial charge is 0.508 e. The van der Waals surface area contributed by atoms with Crippen molar-refractivity contribution in [1.29, 1.82) is 0 Å². The maximum absolute atomic E-state index is 12.5. The normalized spacial score (nSPS) is 16.6. The van der Waals surface area contributed by atoms with Gasteiger partial charge in [0, 0.05) is 41.0 Å². The zero-order valence-corrected chi connectivity index (χ0v) is 27.2. The molecule has 2 aliphatic rings. The van der Waals surface area contributed by atoms with E-state index in [-0.39, 0.29) is 30.1 Å². The molecule has 1 atom stereocenters. The molecule has 226 valence electrons. The number of halogens is 3. The molecule has 1 unspecified atom stereocenters. The lowest BCUT2D eigenvalue weighted by Gasteiger charge is -2.37. The number of phenols is 1. The number of hydrogen-bond acceptors (Lipinski definition) is 7. The molecule has 0 bridgehead atoms. The molecule has 1 aromatic heterocycles. The van der Waals surface area contributed by atoms with Gasteiger partial charge < -0.3 is 23.7 Å². The van der Waals surface area contributed by atoms with Crippen LogP contribution >= 0.6 is 31.9 Å². The topological polar surface area (TPSA) is 81.4 Å². The summed E-state index contributed by atoms with van der Waals surface area (Å²) in [6, 6.07) is 18.4. The van der Waals surface area contributed by atoms with E-state index in [0.29, 0.717) is 16.7 Å². The van der Waals surface area contributed by atoms with Crippen molar-refractivity contribution in [3.05, 3.63) is 96.7 Å². The predicted octanol–water partition coefficient (Wildman–Crippen LogP) is 7.80. The minimum absolute atomic E-state index is 0.207. The third kappa shape index (κ3) is 6.92. The van der Waals surface area contributed by atoms with Crippen molar-refractivity contribution < 1.29 is 28.1 Å². The van der Waals surface area contributed by atoms with E-state index in [9.17, 15) is 14.3 Å². The predicted molar refractivity (Wildman–Crippen MR) is 172 cm³/mol. The fraction of sp³-hybridized carbons (Fsp3) is 0.303. The summed E-state index contributed by atoms with van der Waals surface area (Å²) in [5.74, 6) is 2.74. The fourth-order valence-corrected chi connectivity index (χ4v) is 5.92. The average molecular weight is 717 g/mol. The summed E-state index contributed by atoms with van der Waals surface area (Å²) in [5, 5.41) is 10.6. The van der Waals surface area contributed by atoms with Crippen LogP contribution in [0.5, 0.6) is 23.0 Å². The van der Waals surface area contributed by atoms with E-state index in [1.54, 1.807) is 37.4 Å². The first-order valence-corrected chi connectivity index (χ1v) is 15.4. The lowest BCUT2D eigenvalue weighted by Crippen LogP contribution is -2.49. The number of likely N-dealkylation sites (tertiary alicyclic amines) is 1. The Morgan fingerprint density at radius 3 is 2.44 bits per heavy atom. The highest BCUT2D eigenvalue weighted by Crippen LogP contribution is 2.45. The van der Waals surface area contributed by atoms with E-state index in [1.165, 1.54) is 0 Å². The van der Waals surface area contributed by atoms with E-state index < -0.39 is 0 Å². The number of aromatic hydroxyl groups is 1. The highest BCUT2D eigenvalue weighted by molar-refractivity contribution is 9.12. The Morgan fingerprint density at radius 2 is 1.74 bits per heavy atom. The molecule has 43 heavy (non-hydrogen) atoms. The molecular weight excluding hydrogens is 685 g/mol. The number of alkyl halides is 1. The number of aryl methyl sites for hydroxylation is 1. The summed E-state index contributed by atoms with van der Waals surface area (Å²) in [6.45, 7) is 6.73. The summed E-state index contributed by atoms with van der Waals surface area (Å²) < 4.78 is 36.1. The van der Waals surface area contributed by atoms with Gasteiger partial charge in [0.2, 0.25) is 0 Å². The van der Waals surface area contributed by atoms with Gasteiger partial charge in [-0.3, -0.25) is 9.29 Å². The minimum Gasteiger partial charge on any atom is -0.508 e. The van der Waals surface area contributed by atoms with Crippen LogP contribution in [0.2, 0.25) is 0 Å². The van der Waals surface area contributed by atoms with Crippen LogP contribution in [0.15, 0.2) is 78.8 Å². The van der Waals surface area contributed by atoms with Gasteiger partial charge in [-0.25, -0.2) is 4.79 Å². The van der Waals surface area contributed by atoms with Crippen molar-refractivity contribution in [2.24, 2.45) is 5.92 Å². The van der Waals surface area contributed by atoms with Gasteiger partial charge in [-0.1, -0.05) is 28.1 Å². The molecule has 4 aromatic rings. The van der Waals surface area contributed by atoms with E-state index in [2.05, 4.69) is 36.8 Å². The molecule has 0 radical (unpaired) electrons. The third-order valence-corrected chi connectivity index (χ3v) is 9.54. The number of allylic oxidation sites excluding steroid dienone is 1. The van der Waals surface area contributed by atoms with Crippen molar-refractivity contribution in [3.63, 3.8) is 0 Å². The smallest absolute Gasteiger partial charge is 0.350 e. The number of rotatable bonds is 7. The summed E-state index contributed by atoms with van der Waals surface area (Å²) in [4.78, 5) is 13.6. The molecule has 7 nitrogen and oxygen atoms in total. The monoisotopic (exact) mass is 715 g/mol. The highest BCUT2D eigenvalue weighted by atomic mass is 79.9.